The molecule has 0 aliphatic rings. The molecule has 0 bridgehead atoms. The molecule has 29 heavy (non-hydrogen) atoms. The Bertz CT molecular complexity index is 1410. The summed E-state index contributed by atoms with van der Waals surface area (Å²) in [5.74, 6) is 0.992. The Labute approximate surface area is 164 Å². The molecule has 0 atom stereocenters. The molecule has 0 saturated carbocycles. The van der Waals surface area contributed by atoms with Gasteiger partial charge < -0.3 is 10.4 Å². The lowest BCUT2D eigenvalue weighted by Crippen LogP contribution is -2.11. The van der Waals surface area contributed by atoms with Gasteiger partial charge in [0.2, 0.25) is 5.95 Å². The minimum absolute atomic E-state index is 0.166. The number of nitrogens with one attached hydrogen (secondary N) is 1. The predicted molar refractivity (Wildman–Crippen MR) is 109 cm³/mol. The second kappa shape index (κ2) is 6.68. The lowest BCUT2D eigenvalue weighted by atomic mass is 10.2. The van der Waals surface area contributed by atoms with Gasteiger partial charge in [-0.2, -0.15) is 4.52 Å². The number of rotatable bonds is 3. The molecule has 0 saturated heterocycles. The molecular formula is C21H14N6O2. The molecule has 2 aromatic carbocycles. The fourth-order valence-electron chi connectivity index (χ4n) is 3.04. The van der Waals surface area contributed by atoms with Crippen molar-refractivity contribution in [2.45, 2.75) is 0 Å². The number of hydrogen-bond acceptors (Lipinski definition) is 7. The van der Waals surface area contributed by atoms with Crippen molar-refractivity contribution in [1.82, 2.24) is 24.6 Å². The molecule has 0 unspecified atom stereocenters. The first-order valence-corrected chi connectivity index (χ1v) is 8.86. The van der Waals surface area contributed by atoms with E-state index in [1.165, 1.54) is 6.20 Å². The highest BCUT2D eigenvalue weighted by Gasteiger charge is 2.15. The molecule has 5 aromatic rings. The van der Waals surface area contributed by atoms with Crippen LogP contribution in [0.2, 0.25) is 0 Å². The first-order valence-electron chi connectivity index (χ1n) is 8.86. The first kappa shape index (κ1) is 16.8. The number of hydrogen-bond donors (Lipinski definition) is 2. The predicted octanol–water partition coefficient (Wildman–Crippen LogP) is 3.15. The number of aromatic hydroxyl groups is 1. The van der Waals surface area contributed by atoms with E-state index < -0.39 is 5.56 Å². The number of nitrogens with zero attached hydrogens (tertiary/aromatic N) is 5. The first-order chi connectivity index (χ1) is 14.2. The van der Waals surface area contributed by atoms with E-state index in [2.05, 4.69) is 25.4 Å². The van der Waals surface area contributed by atoms with E-state index in [1.54, 1.807) is 47.0 Å². The van der Waals surface area contributed by atoms with E-state index in [-0.39, 0.29) is 11.4 Å². The van der Waals surface area contributed by atoms with E-state index in [0.717, 1.165) is 10.9 Å². The van der Waals surface area contributed by atoms with E-state index in [0.29, 0.717) is 22.9 Å². The van der Waals surface area contributed by atoms with Gasteiger partial charge in [0.15, 0.2) is 11.5 Å². The smallest absolute Gasteiger partial charge is 0.293 e. The Hall–Kier alpha value is -4.33. The van der Waals surface area contributed by atoms with Crippen LogP contribution in [0, 0.1) is 0 Å². The molecular weight excluding hydrogens is 368 g/mol. The maximum absolute atomic E-state index is 12.2. The van der Waals surface area contributed by atoms with Gasteiger partial charge in [0.25, 0.3) is 5.56 Å². The van der Waals surface area contributed by atoms with Gasteiger partial charge in [-0.1, -0.05) is 18.2 Å². The van der Waals surface area contributed by atoms with Crippen LogP contribution in [0.4, 0.5) is 11.6 Å². The number of benzene rings is 2. The van der Waals surface area contributed by atoms with Gasteiger partial charge in [0.1, 0.15) is 11.4 Å². The van der Waals surface area contributed by atoms with Gasteiger partial charge >= 0.3 is 0 Å². The van der Waals surface area contributed by atoms with Gasteiger partial charge in [-0.15, -0.1) is 5.10 Å². The topological polar surface area (TPSA) is 105 Å². The SMILES string of the molecule is O=c1nccccc1Nc1nc2ccccc2c2nc(-c3ccc(O)cc3)nn12. The van der Waals surface area contributed by atoms with Crippen LogP contribution in [-0.2, 0) is 0 Å². The minimum Gasteiger partial charge on any atom is -0.508 e. The summed E-state index contributed by atoms with van der Waals surface area (Å²) < 4.78 is 1.57. The monoisotopic (exact) mass is 382 g/mol. The molecule has 0 spiro atoms. The van der Waals surface area contributed by atoms with Crippen LogP contribution in [0.3, 0.4) is 0 Å². The molecule has 2 N–H and O–H groups in total. The van der Waals surface area contributed by atoms with Crippen LogP contribution in [-0.4, -0.2) is 29.7 Å². The largest absolute Gasteiger partial charge is 0.508 e. The fourth-order valence-corrected chi connectivity index (χ4v) is 3.04. The maximum Gasteiger partial charge on any atom is 0.293 e. The fraction of sp³-hybridized carbons (Fsp3) is 0. The summed E-state index contributed by atoms with van der Waals surface area (Å²) in [5.41, 5.74) is 1.94. The van der Waals surface area contributed by atoms with E-state index in [1.807, 2.05) is 24.3 Å². The van der Waals surface area contributed by atoms with Crippen LogP contribution in [0.5, 0.6) is 5.75 Å². The third-order valence-corrected chi connectivity index (χ3v) is 4.43. The van der Waals surface area contributed by atoms with Gasteiger partial charge in [0.05, 0.1) is 5.52 Å². The number of para-hydroxylation sites is 1. The zero-order valence-electron chi connectivity index (χ0n) is 15.0. The second-order valence-electron chi connectivity index (χ2n) is 6.34. The Morgan fingerprint density at radius 2 is 1.69 bits per heavy atom. The summed E-state index contributed by atoms with van der Waals surface area (Å²) in [6.45, 7) is 0. The van der Waals surface area contributed by atoms with E-state index >= 15 is 0 Å². The Morgan fingerprint density at radius 1 is 0.897 bits per heavy atom. The highest BCUT2D eigenvalue weighted by atomic mass is 16.3. The zero-order chi connectivity index (χ0) is 19.8. The number of fused-ring (bicyclic) bond motifs is 3. The van der Waals surface area contributed by atoms with Crippen molar-refractivity contribution in [3.05, 3.63) is 83.3 Å². The normalized spacial score (nSPS) is 11.0. The Balaban J connectivity index is 1.75. The van der Waals surface area contributed by atoms with Crippen LogP contribution in [0.15, 0.2) is 77.7 Å². The standard InChI is InChI=1S/C21H14N6O2/c28-14-10-8-13(9-11-14)18-25-19-15-5-1-2-6-16(15)23-21(27(19)26-18)24-17-7-3-4-12-22-20(17)29/h1-12,28H,(H,22,23,24,29). The average molecular weight is 382 g/mol. The maximum atomic E-state index is 12.2. The molecule has 0 fully saturated rings. The summed E-state index contributed by atoms with van der Waals surface area (Å²) in [6.07, 6.45) is 1.44. The highest BCUT2D eigenvalue weighted by molar-refractivity contribution is 5.93. The summed E-state index contributed by atoms with van der Waals surface area (Å²) in [4.78, 5) is 25.3. The van der Waals surface area contributed by atoms with Gasteiger partial charge in [-0.05, 0) is 48.5 Å². The zero-order valence-corrected chi connectivity index (χ0v) is 15.0. The average Bonchev–Trinajstić information content (AvgIpc) is 3.09. The van der Waals surface area contributed by atoms with Crippen LogP contribution in [0.25, 0.3) is 27.9 Å². The second-order valence-corrected chi connectivity index (χ2v) is 6.34. The minimum atomic E-state index is -0.406. The number of anilines is 2. The molecule has 5 rings (SSSR count). The number of aromatic nitrogens is 5. The lowest BCUT2D eigenvalue weighted by Gasteiger charge is -2.07. The van der Waals surface area contributed by atoms with E-state index in [9.17, 15) is 9.90 Å². The Kier molecular flexibility index (Phi) is 3.87. The van der Waals surface area contributed by atoms with Crippen molar-refractivity contribution in [3.8, 4) is 17.1 Å². The van der Waals surface area contributed by atoms with Gasteiger partial charge in [0, 0.05) is 17.1 Å². The molecule has 3 aromatic heterocycles. The van der Waals surface area contributed by atoms with Crippen molar-refractivity contribution in [2.75, 3.05) is 5.32 Å². The molecule has 8 nitrogen and oxygen atoms in total. The number of phenols is 1. The molecule has 140 valence electrons. The number of phenolic OH excluding ortho intramolecular Hbond substituents is 1. The van der Waals surface area contributed by atoms with Crippen molar-refractivity contribution in [2.24, 2.45) is 0 Å². The quantitative estimate of drug-likeness (QED) is 0.494. The van der Waals surface area contributed by atoms with Gasteiger partial charge in [-0.3, -0.25) is 4.79 Å². The van der Waals surface area contributed by atoms with Crippen LogP contribution >= 0.6 is 0 Å². The molecule has 0 amide bonds. The summed E-state index contributed by atoms with van der Waals surface area (Å²) in [7, 11) is 0. The van der Waals surface area contributed by atoms with Crippen molar-refractivity contribution < 1.29 is 5.11 Å². The Morgan fingerprint density at radius 3 is 2.55 bits per heavy atom. The van der Waals surface area contributed by atoms with Gasteiger partial charge in [-0.25, -0.2) is 15.0 Å². The van der Waals surface area contributed by atoms with Crippen LogP contribution < -0.4 is 10.9 Å². The third-order valence-electron chi connectivity index (χ3n) is 4.43. The molecule has 0 aliphatic heterocycles. The van der Waals surface area contributed by atoms with E-state index in [4.69, 9.17) is 0 Å². The van der Waals surface area contributed by atoms with Crippen LogP contribution in [0.1, 0.15) is 0 Å². The molecule has 0 aliphatic carbocycles. The molecule has 0 radical (unpaired) electrons. The highest BCUT2D eigenvalue weighted by Crippen LogP contribution is 2.25. The van der Waals surface area contributed by atoms with Crippen molar-refractivity contribution in [1.29, 1.82) is 0 Å². The summed E-state index contributed by atoms with van der Waals surface area (Å²) in [5, 5.41) is 18.0. The lowest BCUT2D eigenvalue weighted by molar-refractivity contribution is 0.475. The van der Waals surface area contributed by atoms with Crippen molar-refractivity contribution >= 4 is 28.2 Å². The third kappa shape index (κ3) is 3.02. The summed E-state index contributed by atoms with van der Waals surface area (Å²) in [6, 6.07) is 19.2. The molecule has 3 heterocycles. The molecule has 8 heteroatoms. The van der Waals surface area contributed by atoms with Crippen molar-refractivity contribution in [3.63, 3.8) is 0 Å². The summed E-state index contributed by atoms with van der Waals surface area (Å²) >= 11 is 0.